The van der Waals surface area contributed by atoms with Gasteiger partial charge in [0.05, 0.1) is 25.1 Å². The fourth-order valence-electron chi connectivity index (χ4n) is 10.1. The summed E-state index contributed by atoms with van der Waals surface area (Å²) in [5, 5.41) is 54.1. The highest BCUT2D eigenvalue weighted by Gasteiger charge is 2.39. The van der Waals surface area contributed by atoms with Crippen LogP contribution in [0.25, 0.3) is 21.8 Å². The average Bonchev–Trinajstić information content (AvgIpc) is 3.00. The Morgan fingerprint density at radius 2 is 1.07 bits per heavy atom. The first-order chi connectivity index (χ1) is 40.6. The number of carbonyl (C=O) groups excluding carboxylic acids is 10. The molecule has 14 N–H and O–H groups in total. The molecule has 10 atom stereocenters. The second-order valence-corrected chi connectivity index (χ2v) is 22.7. The normalized spacial score (nSPS) is 16.4. The molecule has 1 fully saturated rings. The lowest BCUT2D eigenvalue weighted by Crippen LogP contribution is -2.61. The van der Waals surface area contributed by atoms with Crippen molar-refractivity contribution in [3.8, 4) is 0 Å². The molecule has 0 radical (unpaired) electrons. The highest BCUT2D eigenvalue weighted by atomic mass is 16.4. The summed E-state index contributed by atoms with van der Waals surface area (Å²) < 4.78 is 0. The van der Waals surface area contributed by atoms with E-state index in [1.807, 2.05) is 18.2 Å². The van der Waals surface area contributed by atoms with Crippen LogP contribution in [0.4, 0.5) is 0 Å². The van der Waals surface area contributed by atoms with Gasteiger partial charge in [0.15, 0.2) is 5.78 Å². The molecule has 27 nitrogen and oxygen atoms in total. The van der Waals surface area contributed by atoms with Gasteiger partial charge in [0.2, 0.25) is 53.2 Å². The third kappa shape index (κ3) is 19.1. The predicted octanol–water partition coefficient (Wildman–Crippen LogP) is -0.0570. The Morgan fingerprint density at radius 1 is 0.570 bits per heavy atom. The number of carbonyl (C=O) groups is 12. The summed E-state index contributed by atoms with van der Waals surface area (Å²) in [5.74, 6) is -12.0. The second kappa shape index (κ2) is 31.4. The van der Waals surface area contributed by atoms with Crippen molar-refractivity contribution in [2.75, 3.05) is 13.1 Å². The van der Waals surface area contributed by atoms with E-state index < -0.39 is 163 Å². The molecular formula is C59H82N12O15. The van der Waals surface area contributed by atoms with Gasteiger partial charge < -0.3 is 78.0 Å². The number of aliphatic carboxylic acids is 2. The monoisotopic (exact) mass is 1200 g/mol. The number of aromatic nitrogens is 2. The fraction of sp³-hybridized carbons (Fsp3) is 0.525. The van der Waals surface area contributed by atoms with Crippen LogP contribution in [-0.2, 0) is 70.4 Å². The van der Waals surface area contributed by atoms with Gasteiger partial charge in [-0.15, -0.1) is 0 Å². The maximum absolute atomic E-state index is 14.5. The number of Topliss-reactive ketones (excluding diaryl/α,β-unsaturated/α-hetero) is 1. The van der Waals surface area contributed by atoms with E-state index in [0.29, 0.717) is 41.4 Å². The van der Waals surface area contributed by atoms with Gasteiger partial charge in [-0.3, -0.25) is 57.5 Å². The minimum absolute atomic E-state index is 0.0860. The van der Waals surface area contributed by atoms with Crippen LogP contribution < -0.4 is 47.9 Å². The predicted molar refractivity (Wildman–Crippen MR) is 314 cm³/mol. The first-order valence-corrected chi connectivity index (χ1v) is 28.7. The molecule has 0 aliphatic carbocycles. The molecule has 2 aromatic heterocycles. The van der Waals surface area contributed by atoms with Gasteiger partial charge in [-0.2, -0.15) is 0 Å². The highest BCUT2D eigenvalue weighted by molar-refractivity contribution is 6.00. The van der Waals surface area contributed by atoms with Gasteiger partial charge in [-0.25, -0.2) is 0 Å². The fourth-order valence-corrected chi connectivity index (χ4v) is 10.1. The van der Waals surface area contributed by atoms with E-state index in [0.717, 1.165) is 10.9 Å². The molecule has 9 amide bonds. The van der Waals surface area contributed by atoms with Crippen LogP contribution in [0.2, 0.25) is 0 Å². The molecule has 0 bridgehead atoms. The van der Waals surface area contributed by atoms with E-state index in [4.69, 9.17) is 0 Å². The first-order valence-electron chi connectivity index (χ1n) is 28.7. The van der Waals surface area contributed by atoms with Crippen molar-refractivity contribution in [1.29, 1.82) is 0 Å². The van der Waals surface area contributed by atoms with Gasteiger partial charge in [-0.1, -0.05) is 77.9 Å². The number of hydrogen-bond acceptors (Lipinski definition) is 14. The molecule has 0 saturated carbocycles. The number of fused-ring (bicyclic) bond motifs is 2. The topological polar surface area (TPSA) is 409 Å². The largest absolute Gasteiger partial charge is 0.481 e. The number of rotatable bonds is 32. The summed E-state index contributed by atoms with van der Waals surface area (Å²) >= 11 is 0. The lowest BCUT2D eigenvalue weighted by Gasteiger charge is -2.31. The Bertz CT molecular complexity index is 3120. The Hall–Kier alpha value is -8.72. The summed E-state index contributed by atoms with van der Waals surface area (Å²) in [6, 6.07) is 2.06. The Morgan fingerprint density at radius 3 is 1.58 bits per heavy atom. The number of ketones is 1. The van der Waals surface area contributed by atoms with Gasteiger partial charge in [0.25, 0.3) is 0 Å². The van der Waals surface area contributed by atoms with Gasteiger partial charge in [0.1, 0.15) is 48.3 Å². The number of nitrogens with zero attached hydrogens (tertiary/aromatic N) is 1. The van der Waals surface area contributed by atoms with E-state index in [1.54, 1.807) is 84.3 Å². The third-order valence-electron chi connectivity index (χ3n) is 14.7. The Labute approximate surface area is 497 Å². The van der Waals surface area contributed by atoms with Gasteiger partial charge in [0, 0.05) is 66.0 Å². The summed E-state index contributed by atoms with van der Waals surface area (Å²) in [6.07, 6.45) is 0.922. The zero-order chi connectivity index (χ0) is 63.7. The lowest BCUT2D eigenvalue weighted by molar-refractivity contribution is -0.142. The number of hydrogen-bond donors (Lipinski definition) is 14. The molecule has 3 heterocycles. The number of aromatic amines is 2. The van der Waals surface area contributed by atoms with Gasteiger partial charge in [-0.05, 0) is 75.1 Å². The summed E-state index contributed by atoms with van der Waals surface area (Å²) in [4.78, 5) is 169. The molecule has 4 aromatic rings. The van der Waals surface area contributed by atoms with Crippen LogP contribution in [0.3, 0.4) is 0 Å². The van der Waals surface area contributed by atoms with E-state index in [1.165, 1.54) is 25.7 Å². The minimum atomic E-state index is -1.84. The van der Waals surface area contributed by atoms with Crippen LogP contribution >= 0.6 is 0 Å². The maximum Gasteiger partial charge on any atom is 0.305 e. The molecule has 1 aliphatic rings. The summed E-state index contributed by atoms with van der Waals surface area (Å²) in [5.41, 5.74) is 2.60. The van der Waals surface area contributed by atoms with E-state index in [9.17, 15) is 72.9 Å². The number of amides is 9. The molecule has 1 aliphatic heterocycles. The summed E-state index contributed by atoms with van der Waals surface area (Å²) in [7, 11) is 0. The number of likely N-dealkylation sites (tertiary alicyclic amines) is 1. The molecule has 2 aromatic carbocycles. The van der Waals surface area contributed by atoms with Crippen LogP contribution in [0.1, 0.15) is 106 Å². The maximum atomic E-state index is 14.5. The van der Waals surface area contributed by atoms with Crippen molar-refractivity contribution in [2.45, 2.75) is 174 Å². The minimum Gasteiger partial charge on any atom is -0.481 e. The number of para-hydroxylation sites is 2. The van der Waals surface area contributed by atoms with E-state index >= 15 is 0 Å². The van der Waals surface area contributed by atoms with Crippen LogP contribution in [0.5, 0.6) is 0 Å². The number of H-pyrrole nitrogens is 2. The first kappa shape index (κ1) is 68.1. The SMILES string of the molecule is CC(=O)[C@@H]1CCCN1C(=O)[C@@H](NC(=O)[C@H](Cc1c[nH]c2ccccc12)NC(=O)CNC(=O)[C@H](CC(=O)O)NC(=O)[C@@H](NC(=O)[C@H](Cc1c[nH]c2ccccc12)NC(=O)[C@H](C)NC(=O)[C@H](CCC(=O)O)NC(=O)[C@@H](NC(C)C)[C@@H](C)O)C(C)C)C(C)C. The highest BCUT2D eigenvalue weighted by Crippen LogP contribution is 2.23. The number of nitrogens with one attached hydrogen (secondary N) is 11. The Kier molecular flexibility index (Phi) is 24.9. The molecule has 468 valence electrons. The number of aliphatic hydroxyl groups excluding tert-OH is 1. The number of carboxylic acid groups (broad SMARTS) is 2. The zero-order valence-electron chi connectivity index (χ0n) is 49.8. The molecule has 1 saturated heterocycles. The zero-order valence-corrected chi connectivity index (χ0v) is 49.8. The molecular weight excluding hydrogens is 1120 g/mol. The molecule has 27 heteroatoms. The van der Waals surface area contributed by atoms with Crippen molar-refractivity contribution >= 4 is 92.7 Å². The van der Waals surface area contributed by atoms with Gasteiger partial charge >= 0.3 is 11.9 Å². The van der Waals surface area contributed by atoms with Crippen molar-refractivity contribution in [3.63, 3.8) is 0 Å². The van der Waals surface area contributed by atoms with Crippen LogP contribution in [-0.4, -0.2) is 181 Å². The summed E-state index contributed by atoms with van der Waals surface area (Å²) in [6.45, 7) is 13.5. The van der Waals surface area contributed by atoms with Crippen molar-refractivity contribution in [3.05, 3.63) is 72.1 Å². The number of carboxylic acids is 2. The number of aliphatic hydroxyl groups is 1. The average molecular weight is 1200 g/mol. The Balaban J connectivity index is 1.31. The third-order valence-corrected chi connectivity index (χ3v) is 14.7. The molecule has 5 rings (SSSR count). The smallest absolute Gasteiger partial charge is 0.305 e. The van der Waals surface area contributed by atoms with Crippen molar-refractivity contribution in [2.24, 2.45) is 11.8 Å². The molecule has 0 spiro atoms. The molecule has 86 heavy (non-hydrogen) atoms. The molecule has 0 unspecified atom stereocenters. The van der Waals surface area contributed by atoms with E-state index in [2.05, 4.69) is 57.8 Å². The standard InChI is InChI=1S/C59H82N12O15/c1-29(2)49(69-56(83)43(24-36-27-61-40-18-13-11-16-38(36)40)67-52(79)32(7)64-54(81)41(20-21-47(75)76)66-58(85)51(34(9)73)63-31(5)6)57(84)68-44(25-48(77)78)53(80)62-28-46(74)65-42(23-35-26-60-39-17-12-10-15-37(35)39)55(82)70-50(30(3)4)59(86)71-22-14-19-45(71)33(8)72/h10-13,15-18,26-27,29-32,34,41-45,49-51,60-61,63,73H,14,19-25,28H2,1-9H3,(H,62,80)(H,64,81)(H,65,74)(H,66,85)(H,67,79)(H,68,84)(H,69,83)(H,70,82)(H,75,76)(H,77,78)/t32-,34+,41-,42-,43-,44-,45-,49-,50-,51-/m0/s1. The quantitative estimate of drug-likeness (QED) is 0.0305. The van der Waals surface area contributed by atoms with E-state index in [-0.39, 0.29) is 24.7 Å². The lowest BCUT2D eigenvalue weighted by atomic mass is 9.99. The van der Waals surface area contributed by atoms with Crippen molar-refractivity contribution < 1.29 is 72.9 Å². The van der Waals surface area contributed by atoms with Crippen LogP contribution in [0, 0.1) is 11.8 Å². The second-order valence-electron chi connectivity index (χ2n) is 22.7. The van der Waals surface area contributed by atoms with Crippen molar-refractivity contribution in [1.82, 2.24) is 62.7 Å². The van der Waals surface area contributed by atoms with Crippen LogP contribution in [0.15, 0.2) is 60.9 Å². The number of benzene rings is 2.